The quantitative estimate of drug-likeness (QED) is 0.890. The molecular formula is C18H23FN4O2. The average molecular weight is 346 g/mol. The number of anilines is 1. The summed E-state index contributed by atoms with van der Waals surface area (Å²) in [5, 5.41) is 6.98. The van der Waals surface area contributed by atoms with Crippen LogP contribution in [0.2, 0.25) is 0 Å². The maximum atomic E-state index is 14.5. The van der Waals surface area contributed by atoms with Gasteiger partial charge in [0.25, 0.3) is 0 Å². The first kappa shape index (κ1) is 17.6. The minimum Gasteiger partial charge on any atom is -0.381 e. The van der Waals surface area contributed by atoms with Crippen LogP contribution in [0, 0.1) is 25.6 Å². The Morgan fingerprint density at radius 3 is 2.68 bits per heavy atom. The Bertz CT molecular complexity index is 768. The van der Waals surface area contributed by atoms with E-state index < -0.39 is 11.9 Å². The molecule has 7 heteroatoms. The lowest BCUT2D eigenvalue weighted by Gasteiger charge is -2.26. The van der Waals surface area contributed by atoms with Gasteiger partial charge in [0, 0.05) is 24.6 Å². The average Bonchev–Trinajstić information content (AvgIpc) is 2.93. The Kier molecular flexibility index (Phi) is 5.15. The zero-order chi connectivity index (χ0) is 18.0. The van der Waals surface area contributed by atoms with E-state index >= 15 is 0 Å². The molecule has 2 aromatic rings. The van der Waals surface area contributed by atoms with Crippen molar-refractivity contribution in [3.8, 4) is 5.69 Å². The minimum absolute atomic E-state index is 0.0903. The number of nitrogens with zero attached hydrogens (tertiary/aromatic N) is 2. The fourth-order valence-corrected chi connectivity index (χ4v) is 3.14. The fraction of sp³-hybridized carbons (Fsp3) is 0.444. The van der Waals surface area contributed by atoms with E-state index in [4.69, 9.17) is 10.5 Å². The Hall–Kier alpha value is -2.25. The second-order valence-corrected chi connectivity index (χ2v) is 6.47. The molecule has 0 bridgehead atoms. The van der Waals surface area contributed by atoms with Crippen molar-refractivity contribution in [2.24, 2.45) is 11.7 Å². The van der Waals surface area contributed by atoms with E-state index in [0.717, 1.165) is 24.2 Å². The van der Waals surface area contributed by atoms with Crippen LogP contribution in [0.4, 0.5) is 10.1 Å². The van der Waals surface area contributed by atoms with Gasteiger partial charge in [0.1, 0.15) is 5.69 Å². The van der Waals surface area contributed by atoms with Crippen LogP contribution in [-0.2, 0) is 9.53 Å². The third-order valence-corrected chi connectivity index (χ3v) is 4.53. The number of rotatable bonds is 4. The van der Waals surface area contributed by atoms with Crippen molar-refractivity contribution < 1.29 is 13.9 Å². The highest BCUT2D eigenvalue weighted by Gasteiger charge is 2.26. The van der Waals surface area contributed by atoms with Crippen molar-refractivity contribution in [3.05, 3.63) is 41.5 Å². The summed E-state index contributed by atoms with van der Waals surface area (Å²) < 4.78 is 21.3. The number of hydrogen-bond donors (Lipinski definition) is 2. The Balaban J connectivity index is 1.72. The molecule has 134 valence electrons. The van der Waals surface area contributed by atoms with Crippen molar-refractivity contribution >= 4 is 11.6 Å². The van der Waals surface area contributed by atoms with Crippen molar-refractivity contribution in [2.45, 2.75) is 32.7 Å². The van der Waals surface area contributed by atoms with E-state index in [1.807, 2.05) is 19.9 Å². The van der Waals surface area contributed by atoms with Gasteiger partial charge >= 0.3 is 0 Å². The summed E-state index contributed by atoms with van der Waals surface area (Å²) in [5.74, 6) is -0.665. The van der Waals surface area contributed by atoms with Gasteiger partial charge in [0.15, 0.2) is 5.82 Å². The van der Waals surface area contributed by atoms with E-state index in [9.17, 15) is 9.18 Å². The first-order valence-corrected chi connectivity index (χ1v) is 8.43. The lowest BCUT2D eigenvalue weighted by atomic mass is 9.92. The Morgan fingerprint density at radius 1 is 1.36 bits per heavy atom. The summed E-state index contributed by atoms with van der Waals surface area (Å²) in [6.07, 6.45) is 1.53. The Labute approximate surface area is 146 Å². The molecule has 0 saturated carbocycles. The van der Waals surface area contributed by atoms with E-state index in [0.29, 0.717) is 24.6 Å². The van der Waals surface area contributed by atoms with Crippen molar-refractivity contribution in [1.29, 1.82) is 0 Å². The molecule has 1 amide bonds. The van der Waals surface area contributed by atoms with Gasteiger partial charge in [-0.3, -0.25) is 4.79 Å². The van der Waals surface area contributed by atoms with Gasteiger partial charge in [-0.25, -0.2) is 9.07 Å². The summed E-state index contributed by atoms with van der Waals surface area (Å²) in [5.41, 5.74) is 8.43. The van der Waals surface area contributed by atoms with Crippen LogP contribution in [0.3, 0.4) is 0 Å². The van der Waals surface area contributed by atoms with Crippen molar-refractivity contribution in [1.82, 2.24) is 9.78 Å². The molecule has 1 aromatic carbocycles. The number of nitrogens with one attached hydrogen (secondary N) is 1. The predicted octanol–water partition coefficient (Wildman–Crippen LogP) is 2.32. The first-order valence-electron chi connectivity index (χ1n) is 8.43. The van der Waals surface area contributed by atoms with E-state index in [-0.39, 0.29) is 11.8 Å². The van der Waals surface area contributed by atoms with Crippen LogP contribution in [0.25, 0.3) is 5.69 Å². The predicted molar refractivity (Wildman–Crippen MR) is 93.1 cm³/mol. The second kappa shape index (κ2) is 7.33. The van der Waals surface area contributed by atoms with Gasteiger partial charge in [0.2, 0.25) is 5.91 Å². The standard InChI is InChI=1S/C18H23FN4O2/c1-11-9-12(2)23(22-11)16-4-3-14(10-15(16)19)21-18(24)17(20)13-5-7-25-8-6-13/h3-4,9-10,13,17H,5-8,20H2,1-2H3,(H,21,24). The molecule has 3 rings (SSSR count). The summed E-state index contributed by atoms with van der Waals surface area (Å²) in [6, 6.07) is 5.80. The molecular weight excluding hydrogens is 323 g/mol. The van der Waals surface area contributed by atoms with Crippen LogP contribution < -0.4 is 11.1 Å². The highest BCUT2D eigenvalue weighted by atomic mass is 19.1. The van der Waals surface area contributed by atoms with Gasteiger partial charge in [0.05, 0.1) is 11.7 Å². The normalized spacial score (nSPS) is 16.6. The highest BCUT2D eigenvalue weighted by molar-refractivity contribution is 5.95. The molecule has 0 aliphatic carbocycles. The number of carbonyl (C=O) groups excluding carboxylic acids is 1. The maximum absolute atomic E-state index is 14.5. The third-order valence-electron chi connectivity index (χ3n) is 4.53. The summed E-state index contributed by atoms with van der Waals surface area (Å²) in [4.78, 5) is 12.3. The molecule has 0 radical (unpaired) electrons. The number of benzene rings is 1. The first-order chi connectivity index (χ1) is 12.0. The maximum Gasteiger partial charge on any atom is 0.241 e. The van der Waals surface area contributed by atoms with Crippen LogP contribution in [-0.4, -0.2) is 34.9 Å². The van der Waals surface area contributed by atoms with Gasteiger partial charge in [-0.05, 0) is 56.9 Å². The fourth-order valence-electron chi connectivity index (χ4n) is 3.14. The van der Waals surface area contributed by atoms with Gasteiger partial charge in [-0.2, -0.15) is 5.10 Å². The molecule has 6 nitrogen and oxygen atoms in total. The van der Waals surface area contributed by atoms with Crippen LogP contribution in [0.5, 0.6) is 0 Å². The number of ether oxygens (including phenoxy) is 1. The molecule has 1 aromatic heterocycles. The van der Waals surface area contributed by atoms with Crippen molar-refractivity contribution in [3.63, 3.8) is 0 Å². The largest absolute Gasteiger partial charge is 0.381 e. The smallest absolute Gasteiger partial charge is 0.241 e. The zero-order valence-corrected chi connectivity index (χ0v) is 14.5. The molecule has 1 saturated heterocycles. The summed E-state index contributed by atoms with van der Waals surface area (Å²) in [7, 11) is 0. The molecule has 3 N–H and O–H groups in total. The SMILES string of the molecule is Cc1cc(C)n(-c2ccc(NC(=O)C(N)C3CCOCC3)cc2F)n1. The highest BCUT2D eigenvalue weighted by Crippen LogP contribution is 2.22. The number of carbonyl (C=O) groups is 1. The lowest BCUT2D eigenvalue weighted by molar-refractivity contribution is -0.119. The van der Waals surface area contributed by atoms with Crippen LogP contribution in [0.1, 0.15) is 24.2 Å². The molecule has 1 fully saturated rings. The summed E-state index contributed by atoms with van der Waals surface area (Å²) in [6.45, 7) is 4.96. The second-order valence-electron chi connectivity index (χ2n) is 6.47. The molecule has 1 aliphatic heterocycles. The molecule has 1 atom stereocenters. The van der Waals surface area contributed by atoms with E-state index in [1.165, 1.54) is 6.07 Å². The van der Waals surface area contributed by atoms with E-state index in [2.05, 4.69) is 10.4 Å². The molecule has 1 unspecified atom stereocenters. The number of hydrogen-bond acceptors (Lipinski definition) is 4. The zero-order valence-electron chi connectivity index (χ0n) is 14.5. The van der Waals surface area contributed by atoms with Crippen molar-refractivity contribution in [2.75, 3.05) is 18.5 Å². The Morgan fingerprint density at radius 2 is 2.08 bits per heavy atom. The monoisotopic (exact) mass is 346 g/mol. The number of halogens is 1. The molecule has 25 heavy (non-hydrogen) atoms. The number of aryl methyl sites for hydroxylation is 2. The third kappa shape index (κ3) is 3.88. The molecule has 2 heterocycles. The summed E-state index contributed by atoms with van der Waals surface area (Å²) >= 11 is 0. The van der Waals surface area contributed by atoms with Gasteiger partial charge in [-0.1, -0.05) is 0 Å². The molecule has 0 spiro atoms. The molecule has 1 aliphatic rings. The number of aromatic nitrogens is 2. The minimum atomic E-state index is -0.623. The van der Waals surface area contributed by atoms with Crippen LogP contribution >= 0.6 is 0 Å². The van der Waals surface area contributed by atoms with Gasteiger partial charge in [-0.15, -0.1) is 0 Å². The number of nitrogens with two attached hydrogens (primary N) is 1. The van der Waals surface area contributed by atoms with E-state index in [1.54, 1.807) is 16.8 Å². The lowest BCUT2D eigenvalue weighted by Crippen LogP contribution is -2.44. The van der Waals surface area contributed by atoms with Crippen LogP contribution in [0.15, 0.2) is 24.3 Å². The van der Waals surface area contributed by atoms with Gasteiger partial charge < -0.3 is 15.8 Å². The topological polar surface area (TPSA) is 82.2 Å². The number of amides is 1.